The number of aliphatic hydroxyl groups excluding tert-OH is 3. The summed E-state index contributed by atoms with van der Waals surface area (Å²) in [5.74, 6) is -0.333. The second kappa shape index (κ2) is 7.80. The molecular weight excluding hydrogens is 358 g/mol. The van der Waals surface area contributed by atoms with E-state index in [9.17, 15) is 30.2 Å². The van der Waals surface area contributed by atoms with Crippen LogP contribution in [0.1, 0.15) is 15.9 Å². The zero-order valence-corrected chi connectivity index (χ0v) is 14.0. The minimum absolute atomic E-state index is 0.105. The van der Waals surface area contributed by atoms with E-state index in [-0.39, 0.29) is 29.2 Å². The Hall–Kier alpha value is -2.85. The number of carbonyl (C=O) groups excluding carboxylic acids is 1. The zero-order valence-electron chi connectivity index (χ0n) is 14.0. The van der Waals surface area contributed by atoms with Crippen LogP contribution in [0.5, 0.6) is 5.75 Å². The molecule has 1 aliphatic rings. The number of aliphatic hydroxyl groups is 3. The highest BCUT2D eigenvalue weighted by atomic mass is 16.7. The molecule has 142 valence electrons. The Labute approximate surface area is 153 Å². The second-order valence-electron chi connectivity index (χ2n) is 6.00. The van der Waals surface area contributed by atoms with Gasteiger partial charge in [-0.25, -0.2) is 0 Å². The number of rotatable bonds is 5. The topological polar surface area (TPSA) is 139 Å². The summed E-state index contributed by atoms with van der Waals surface area (Å²) in [5, 5.41) is 40.0. The monoisotopic (exact) mass is 375 g/mol. The number of nitro groups is 1. The molecule has 3 N–H and O–H groups in total. The molecule has 4 atom stereocenters. The molecule has 2 aromatic rings. The fraction of sp³-hybridized carbons (Fsp3) is 0.278. The van der Waals surface area contributed by atoms with Crippen LogP contribution in [0.4, 0.5) is 5.69 Å². The summed E-state index contributed by atoms with van der Waals surface area (Å²) in [6.07, 6.45) is -5.45. The minimum Gasteiger partial charge on any atom is -0.461 e. The summed E-state index contributed by atoms with van der Waals surface area (Å²) in [6.45, 7) is -0.235. The van der Waals surface area contributed by atoms with Crippen molar-refractivity contribution in [2.45, 2.75) is 24.6 Å². The molecule has 0 saturated carbocycles. The molecule has 9 nitrogen and oxygen atoms in total. The van der Waals surface area contributed by atoms with E-state index in [1.165, 1.54) is 36.4 Å². The van der Waals surface area contributed by atoms with Crippen molar-refractivity contribution in [2.24, 2.45) is 0 Å². The fourth-order valence-electron chi connectivity index (χ4n) is 2.66. The van der Waals surface area contributed by atoms with Gasteiger partial charge < -0.3 is 24.8 Å². The van der Waals surface area contributed by atoms with Gasteiger partial charge in [-0.2, -0.15) is 0 Å². The van der Waals surface area contributed by atoms with Crippen molar-refractivity contribution in [3.63, 3.8) is 0 Å². The third-order valence-corrected chi connectivity index (χ3v) is 4.17. The lowest BCUT2D eigenvalue weighted by Crippen LogP contribution is -2.54. The molecule has 3 rings (SSSR count). The number of hydrogen-bond acceptors (Lipinski definition) is 8. The second-order valence-corrected chi connectivity index (χ2v) is 6.00. The summed E-state index contributed by atoms with van der Waals surface area (Å²) in [4.78, 5) is 22.9. The first-order valence-electron chi connectivity index (χ1n) is 8.09. The number of non-ortho nitro benzene ring substituents is 1. The number of nitrogens with zero attached hydrogens (tertiary/aromatic N) is 1. The van der Waals surface area contributed by atoms with Crippen molar-refractivity contribution in [2.75, 3.05) is 6.61 Å². The molecule has 1 fully saturated rings. The maximum absolute atomic E-state index is 12.7. The van der Waals surface area contributed by atoms with E-state index in [0.717, 1.165) is 0 Å². The predicted molar refractivity (Wildman–Crippen MR) is 91.4 cm³/mol. The van der Waals surface area contributed by atoms with Crippen LogP contribution < -0.4 is 4.74 Å². The molecule has 9 heteroatoms. The third-order valence-electron chi connectivity index (χ3n) is 4.17. The van der Waals surface area contributed by atoms with Gasteiger partial charge in [0, 0.05) is 17.7 Å². The summed E-state index contributed by atoms with van der Waals surface area (Å²) >= 11 is 0. The standard InChI is InChI=1S/C18H17NO8/c20-13-9-26-18(17(23)16(13)22)27-14-4-2-1-3-12(14)15(21)10-5-7-11(8-6-10)19(24)25/h1-8,13,16-18,20,22-23H,9H2/t13-,16+,17-,18+/m1/s1. The first-order valence-corrected chi connectivity index (χ1v) is 8.09. The molecule has 2 aromatic carbocycles. The Kier molecular flexibility index (Phi) is 5.47. The molecule has 1 heterocycles. The smallest absolute Gasteiger partial charge is 0.269 e. The van der Waals surface area contributed by atoms with Gasteiger partial charge in [0.2, 0.25) is 6.29 Å². The summed E-state index contributed by atoms with van der Waals surface area (Å²) < 4.78 is 10.7. The molecule has 0 aromatic heterocycles. The lowest BCUT2D eigenvalue weighted by molar-refractivity contribution is -0.384. The number of hydrogen-bond donors (Lipinski definition) is 3. The van der Waals surface area contributed by atoms with Crippen molar-refractivity contribution < 1.29 is 34.5 Å². The van der Waals surface area contributed by atoms with E-state index in [2.05, 4.69) is 0 Å². The fourth-order valence-corrected chi connectivity index (χ4v) is 2.66. The zero-order chi connectivity index (χ0) is 19.6. The van der Waals surface area contributed by atoms with Gasteiger partial charge in [-0.05, 0) is 24.3 Å². The first-order chi connectivity index (χ1) is 12.9. The molecule has 1 saturated heterocycles. The normalized spacial score (nSPS) is 25.0. The summed E-state index contributed by atoms with van der Waals surface area (Å²) in [6, 6.07) is 11.3. The molecular formula is C18H17NO8. The molecule has 0 radical (unpaired) electrons. The number of carbonyl (C=O) groups is 1. The average Bonchev–Trinajstić information content (AvgIpc) is 2.68. The highest BCUT2D eigenvalue weighted by Crippen LogP contribution is 2.26. The van der Waals surface area contributed by atoms with Crippen LogP contribution in [0.2, 0.25) is 0 Å². The molecule has 0 spiro atoms. The number of ether oxygens (including phenoxy) is 2. The van der Waals surface area contributed by atoms with Crippen molar-refractivity contribution in [1.82, 2.24) is 0 Å². The van der Waals surface area contributed by atoms with E-state index in [1.807, 2.05) is 0 Å². The SMILES string of the molecule is O=C(c1ccc([N+](=O)[O-])cc1)c1ccccc1O[C@@H]1OC[C@@H](O)[C@H](O)[C@H]1O. The number of nitro benzene ring substituents is 1. The number of benzene rings is 2. The molecule has 0 bridgehead atoms. The quantitative estimate of drug-likeness (QED) is 0.393. The van der Waals surface area contributed by atoms with Crippen LogP contribution in [0.25, 0.3) is 0 Å². The Morgan fingerprint density at radius 3 is 2.41 bits per heavy atom. The molecule has 27 heavy (non-hydrogen) atoms. The minimum atomic E-state index is -1.50. The Bertz CT molecular complexity index is 838. The van der Waals surface area contributed by atoms with Gasteiger partial charge in [0.05, 0.1) is 17.1 Å². The van der Waals surface area contributed by atoms with Crippen LogP contribution in [0.15, 0.2) is 48.5 Å². The third kappa shape index (κ3) is 3.96. The molecule has 1 aliphatic heterocycles. The first kappa shape index (κ1) is 18.9. The number of para-hydroxylation sites is 1. The lowest BCUT2D eigenvalue weighted by atomic mass is 10.0. The van der Waals surface area contributed by atoms with E-state index in [0.29, 0.717) is 0 Å². The van der Waals surface area contributed by atoms with Crippen LogP contribution >= 0.6 is 0 Å². The van der Waals surface area contributed by atoms with Crippen molar-refractivity contribution in [3.8, 4) is 5.75 Å². The van der Waals surface area contributed by atoms with E-state index in [4.69, 9.17) is 9.47 Å². The largest absolute Gasteiger partial charge is 0.461 e. The number of ketones is 1. The van der Waals surface area contributed by atoms with Gasteiger partial charge in [0.25, 0.3) is 5.69 Å². The summed E-state index contributed by atoms with van der Waals surface area (Å²) in [7, 11) is 0. The van der Waals surface area contributed by atoms with Crippen molar-refractivity contribution >= 4 is 11.5 Å². The molecule has 0 aliphatic carbocycles. The Morgan fingerprint density at radius 1 is 1.07 bits per heavy atom. The van der Waals surface area contributed by atoms with Gasteiger partial charge in [-0.3, -0.25) is 14.9 Å². The van der Waals surface area contributed by atoms with E-state index in [1.54, 1.807) is 12.1 Å². The van der Waals surface area contributed by atoms with Crippen molar-refractivity contribution in [3.05, 3.63) is 69.8 Å². The van der Waals surface area contributed by atoms with Crippen molar-refractivity contribution in [1.29, 1.82) is 0 Å². The lowest BCUT2D eigenvalue weighted by Gasteiger charge is -2.35. The molecule has 0 amide bonds. The van der Waals surface area contributed by atoms with E-state index >= 15 is 0 Å². The highest BCUT2D eigenvalue weighted by Gasteiger charge is 2.39. The van der Waals surface area contributed by atoms with Gasteiger partial charge >= 0.3 is 0 Å². The van der Waals surface area contributed by atoms with E-state index < -0.39 is 35.3 Å². The maximum Gasteiger partial charge on any atom is 0.269 e. The van der Waals surface area contributed by atoms with Crippen LogP contribution in [0, 0.1) is 10.1 Å². The Morgan fingerprint density at radius 2 is 1.74 bits per heavy atom. The average molecular weight is 375 g/mol. The molecule has 0 unspecified atom stereocenters. The van der Waals surface area contributed by atoms with Crippen LogP contribution in [-0.2, 0) is 4.74 Å². The maximum atomic E-state index is 12.7. The van der Waals surface area contributed by atoms with Gasteiger partial charge in [-0.15, -0.1) is 0 Å². The highest BCUT2D eigenvalue weighted by molar-refractivity contribution is 6.10. The van der Waals surface area contributed by atoms with Crippen LogP contribution in [-0.4, -0.2) is 57.2 Å². The van der Waals surface area contributed by atoms with Gasteiger partial charge in [0.15, 0.2) is 5.78 Å². The van der Waals surface area contributed by atoms with Gasteiger partial charge in [-0.1, -0.05) is 12.1 Å². The van der Waals surface area contributed by atoms with Crippen LogP contribution in [0.3, 0.4) is 0 Å². The Balaban J connectivity index is 1.83. The summed E-state index contributed by atoms with van der Waals surface area (Å²) in [5.41, 5.74) is 0.238. The van der Waals surface area contributed by atoms with Gasteiger partial charge in [0.1, 0.15) is 24.1 Å². The predicted octanol–water partition coefficient (Wildman–Crippen LogP) is 0.644.